The zero-order valence-electron chi connectivity index (χ0n) is 10.7. The van der Waals surface area contributed by atoms with Crippen LogP contribution in [0, 0.1) is 6.92 Å². The van der Waals surface area contributed by atoms with Crippen LogP contribution in [0.2, 0.25) is 0 Å². The molecule has 0 aliphatic heterocycles. The highest BCUT2D eigenvalue weighted by Crippen LogP contribution is 2.23. The van der Waals surface area contributed by atoms with Gasteiger partial charge in [0.2, 0.25) is 0 Å². The van der Waals surface area contributed by atoms with Gasteiger partial charge in [0.15, 0.2) is 0 Å². The van der Waals surface area contributed by atoms with Crippen molar-refractivity contribution in [3.8, 4) is 0 Å². The summed E-state index contributed by atoms with van der Waals surface area (Å²) >= 11 is 3.56. The number of rotatable bonds is 4. The summed E-state index contributed by atoms with van der Waals surface area (Å²) in [6.07, 6.45) is 2.77. The number of benzene rings is 1. The summed E-state index contributed by atoms with van der Waals surface area (Å²) in [5.74, 6) is 0. The van der Waals surface area contributed by atoms with Crippen molar-refractivity contribution in [2.24, 2.45) is 0 Å². The Morgan fingerprint density at radius 2 is 2.11 bits per heavy atom. The van der Waals surface area contributed by atoms with Crippen molar-refractivity contribution in [3.63, 3.8) is 0 Å². The Balaban J connectivity index is 2.23. The Hall–Kier alpha value is -1.19. The summed E-state index contributed by atoms with van der Waals surface area (Å²) in [4.78, 5) is 4.46. The van der Waals surface area contributed by atoms with E-state index in [-0.39, 0.29) is 6.04 Å². The van der Waals surface area contributed by atoms with Crippen LogP contribution in [-0.4, -0.2) is 12.0 Å². The Bertz CT molecular complexity index is 525. The SMILES string of the molecule is CNC(Cc1cccc(C)c1)c1ncccc1Br. The molecule has 1 atom stereocenters. The fourth-order valence-electron chi connectivity index (χ4n) is 2.06. The van der Waals surface area contributed by atoms with Gasteiger partial charge in [-0.05, 0) is 54.0 Å². The average molecular weight is 305 g/mol. The molecular weight excluding hydrogens is 288 g/mol. The summed E-state index contributed by atoms with van der Waals surface area (Å²) in [6, 6.07) is 12.8. The third kappa shape index (κ3) is 3.18. The van der Waals surface area contributed by atoms with Crippen molar-refractivity contribution in [1.29, 1.82) is 0 Å². The predicted octanol–water partition coefficient (Wildman–Crippen LogP) is 3.66. The van der Waals surface area contributed by atoms with Crippen LogP contribution >= 0.6 is 15.9 Å². The quantitative estimate of drug-likeness (QED) is 0.932. The van der Waals surface area contributed by atoms with E-state index < -0.39 is 0 Å². The summed E-state index contributed by atoms with van der Waals surface area (Å²) < 4.78 is 1.05. The molecule has 2 aromatic rings. The van der Waals surface area contributed by atoms with E-state index in [1.807, 2.05) is 25.4 Å². The minimum Gasteiger partial charge on any atom is -0.311 e. The van der Waals surface area contributed by atoms with E-state index in [0.717, 1.165) is 16.6 Å². The van der Waals surface area contributed by atoms with Gasteiger partial charge in [-0.2, -0.15) is 0 Å². The zero-order chi connectivity index (χ0) is 13.0. The fraction of sp³-hybridized carbons (Fsp3) is 0.267. The lowest BCUT2D eigenvalue weighted by molar-refractivity contribution is 0.573. The van der Waals surface area contributed by atoms with E-state index in [9.17, 15) is 0 Å². The van der Waals surface area contributed by atoms with Crippen LogP contribution in [0.3, 0.4) is 0 Å². The first-order valence-electron chi connectivity index (χ1n) is 6.04. The molecule has 2 rings (SSSR count). The Morgan fingerprint density at radius 3 is 2.78 bits per heavy atom. The van der Waals surface area contributed by atoms with Crippen LogP contribution in [0.5, 0.6) is 0 Å². The van der Waals surface area contributed by atoms with Gasteiger partial charge >= 0.3 is 0 Å². The molecule has 1 N–H and O–H groups in total. The summed E-state index contributed by atoms with van der Waals surface area (Å²) in [7, 11) is 1.97. The molecule has 0 fully saturated rings. The van der Waals surface area contributed by atoms with Crippen LogP contribution in [0.25, 0.3) is 0 Å². The number of aryl methyl sites for hydroxylation is 1. The normalized spacial score (nSPS) is 12.4. The Morgan fingerprint density at radius 1 is 1.28 bits per heavy atom. The second kappa shape index (κ2) is 6.12. The molecule has 3 heteroatoms. The number of nitrogens with zero attached hydrogens (tertiary/aromatic N) is 1. The Labute approximate surface area is 117 Å². The number of halogens is 1. The molecule has 0 bridgehead atoms. The van der Waals surface area contributed by atoms with Gasteiger partial charge in [-0.25, -0.2) is 0 Å². The first-order valence-corrected chi connectivity index (χ1v) is 6.83. The lowest BCUT2D eigenvalue weighted by atomic mass is 10.0. The Kier molecular flexibility index (Phi) is 4.50. The zero-order valence-corrected chi connectivity index (χ0v) is 12.2. The van der Waals surface area contributed by atoms with Gasteiger partial charge in [0.05, 0.1) is 11.7 Å². The molecular formula is C15H17BrN2. The van der Waals surface area contributed by atoms with Crippen LogP contribution in [0.4, 0.5) is 0 Å². The highest BCUT2D eigenvalue weighted by molar-refractivity contribution is 9.10. The molecule has 18 heavy (non-hydrogen) atoms. The topological polar surface area (TPSA) is 24.9 Å². The molecule has 0 saturated heterocycles. The first-order chi connectivity index (χ1) is 8.70. The maximum absolute atomic E-state index is 4.46. The number of pyridine rings is 1. The maximum Gasteiger partial charge on any atom is 0.0718 e. The van der Waals surface area contributed by atoms with Crippen LogP contribution < -0.4 is 5.32 Å². The largest absolute Gasteiger partial charge is 0.311 e. The van der Waals surface area contributed by atoms with Crippen molar-refractivity contribution in [2.45, 2.75) is 19.4 Å². The molecule has 0 aliphatic rings. The van der Waals surface area contributed by atoms with E-state index in [2.05, 4.69) is 57.4 Å². The maximum atomic E-state index is 4.46. The van der Waals surface area contributed by atoms with Gasteiger partial charge in [-0.15, -0.1) is 0 Å². The monoisotopic (exact) mass is 304 g/mol. The van der Waals surface area contributed by atoms with E-state index in [1.165, 1.54) is 11.1 Å². The molecule has 1 aromatic heterocycles. The number of hydrogen-bond donors (Lipinski definition) is 1. The third-order valence-corrected chi connectivity index (χ3v) is 3.66. The average Bonchev–Trinajstić information content (AvgIpc) is 2.37. The van der Waals surface area contributed by atoms with Gasteiger partial charge in [0, 0.05) is 10.7 Å². The summed E-state index contributed by atoms with van der Waals surface area (Å²) in [5.41, 5.74) is 3.68. The van der Waals surface area contributed by atoms with E-state index in [1.54, 1.807) is 0 Å². The molecule has 1 unspecified atom stereocenters. The smallest absolute Gasteiger partial charge is 0.0718 e. The summed E-state index contributed by atoms with van der Waals surface area (Å²) in [5, 5.41) is 3.33. The molecule has 1 aromatic carbocycles. The van der Waals surface area contributed by atoms with Gasteiger partial charge in [0.1, 0.15) is 0 Å². The molecule has 0 spiro atoms. The van der Waals surface area contributed by atoms with Crippen molar-refractivity contribution in [2.75, 3.05) is 7.05 Å². The number of likely N-dealkylation sites (N-methyl/N-ethyl adjacent to an activating group) is 1. The molecule has 2 nitrogen and oxygen atoms in total. The number of nitrogens with one attached hydrogen (secondary N) is 1. The second-order valence-corrected chi connectivity index (χ2v) is 5.26. The number of hydrogen-bond acceptors (Lipinski definition) is 2. The summed E-state index contributed by atoms with van der Waals surface area (Å²) in [6.45, 7) is 2.12. The first kappa shape index (κ1) is 13.2. The molecule has 0 amide bonds. The molecule has 94 valence electrons. The van der Waals surface area contributed by atoms with Gasteiger partial charge < -0.3 is 5.32 Å². The van der Waals surface area contributed by atoms with Gasteiger partial charge in [0.25, 0.3) is 0 Å². The van der Waals surface area contributed by atoms with Gasteiger partial charge in [-0.3, -0.25) is 4.98 Å². The van der Waals surface area contributed by atoms with Gasteiger partial charge in [-0.1, -0.05) is 29.8 Å². The molecule has 0 radical (unpaired) electrons. The standard InChI is InChI=1S/C15H17BrN2/c1-11-5-3-6-12(9-11)10-14(17-2)15-13(16)7-4-8-18-15/h3-9,14,17H,10H2,1-2H3. The van der Waals surface area contributed by atoms with Crippen LogP contribution in [0.15, 0.2) is 47.1 Å². The second-order valence-electron chi connectivity index (χ2n) is 4.40. The van der Waals surface area contributed by atoms with Crippen molar-refractivity contribution >= 4 is 15.9 Å². The van der Waals surface area contributed by atoms with Crippen LogP contribution in [-0.2, 0) is 6.42 Å². The van der Waals surface area contributed by atoms with Crippen LogP contribution in [0.1, 0.15) is 22.9 Å². The molecule has 1 heterocycles. The minimum atomic E-state index is 0.224. The highest BCUT2D eigenvalue weighted by Gasteiger charge is 2.14. The predicted molar refractivity (Wildman–Crippen MR) is 78.6 cm³/mol. The third-order valence-electron chi connectivity index (χ3n) is 2.99. The van der Waals surface area contributed by atoms with Crippen molar-refractivity contribution in [3.05, 3.63) is 63.9 Å². The molecule has 0 aliphatic carbocycles. The van der Waals surface area contributed by atoms with E-state index >= 15 is 0 Å². The number of aromatic nitrogens is 1. The van der Waals surface area contributed by atoms with E-state index in [4.69, 9.17) is 0 Å². The lowest BCUT2D eigenvalue weighted by Crippen LogP contribution is -2.20. The lowest BCUT2D eigenvalue weighted by Gasteiger charge is -2.17. The highest BCUT2D eigenvalue weighted by atomic mass is 79.9. The minimum absolute atomic E-state index is 0.224. The van der Waals surface area contributed by atoms with Crippen molar-refractivity contribution in [1.82, 2.24) is 10.3 Å². The van der Waals surface area contributed by atoms with Crippen molar-refractivity contribution < 1.29 is 0 Å². The van der Waals surface area contributed by atoms with E-state index in [0.29, 0.717) is 0 Å². The fourth-order valence-corrected chi connectivity index (χ4v) is 2.60. The molecule has 0 saturated carbocycles.